The first-order valence-corrected chi connectivity index (χ1v) is 10.0. The second kappa shape index (κ2) is 7.15. The predicted molar refractivity (Wildman–Crippen MR) is 106 cm³/mol. The van der Waals surface area contributed by atoms with Crippen LogP contribution < -0.4 is 0 Å². The van der Waals surface area contributed by atoms with Gasteiger partial charge in [0.25, 0.3) is 0 Å². The minimum atomic E-state index is -0.182. The number of aryl methyl sites for hydroxylation is 2. The number of hydrogen-bond acceptors (Lipinski definition) is 5. The third kappa shape index (κ3) is 3.25. The number of nitrogens with zero attached hydrogens (tertiary/aromatic N) is 3. The van der Waals surface area contributed by atoms with E-state index in [0.717, 1.165) is 38.4 Å². The molecule has 5 nitrogen and oxygen atoms in total. The van der Waals surface area contributed by atoms with Gasteiger partial charge < -0.3 is 9.26 Å². The van der Waals surface area contributed by atoms with Gasteiger partial charge in [-0.3, -0.25) is 4.90 Å². The molecule has 144 valence electrons. The Hall–Kier alpha value is -2.50. The summed E-state index contributed by atoms with van der Waals surface area (Å²) < 4.78 is 11.9. The lowest BCUT2D eigenvalue weighted by Crippen LogP contribution is -2.48. The van der Waals surface area contributed by atoms with Crippen LogP contribution in [0, 0.1) is 6.92 Å². The first-order chi connectivity index (χ1) is 13.7. The van der Waals surface area contributed by atoms with Gasteiger partial charge in [0, 0.05) is 19.5 Å². The number of benzene rings is 2. The van der Waals surface area contributed by atoms with Crippen molar-refractivity contribution in [3.63, 3.8) is 0 Å². The minimum absolute atomic E-state index is 0.182. The molecule has 1 aliphatic carbocycles. The number of ether oxygens (including phenoxy) is 1. The molecule has 1 aromatic heterocycles. The normalized spacial score (nSPS) is 21.9. The van der Waals surface area contributed by atoms with E-state index in [0.29, 0.717) is 18.9 Å². The van der Waals surface area contributed by atoms with Crippen LogP contribution in [0.1, 0.15) is 40.4 Å². The summed E-state index contributed by atoms with van der Waals surface area (Å²) in [6.07, 6.45) is 2.84. The van der Waals surface area contributed by atoms with Crippen molar-refractivity contribution in [2.75, 3.05) is 19.7 Å². The van der Waals surface area contributed by atoms with Gasteiger partial charge in [-0.05, 0) is 42.0 Å². The van der Waals surface area contributed by atoms with Crippen molar-refractivity contribution in [3.8, 4) is 0 Å². The highest BCUT2D eigenvalue weighted by Gasteiger charge is 2.43. The molecule has 1 fully saturated rings. The molecular weight excluding hydrogens is 350 g/mol. The zero-order valence-electron chi connectivity index (χ0n) is 16.2. The summed E-state index contributed by atoms with van der Waals surface area (Å²) in [6, 6.07) is 17.0. The molecule has 1 aliphatic heterocycles. The summed E-state index contributed by atoms with van der Waals surface area (Å²) in [5, 5.41) is 4.20. The van der Waals surface area contributed by atoms with Gasteiger partial charge in [0.05, 0.1) is 13.2 Å². The topological polar surface area (TPSA) is 51.4 Å². The van der Waals surface area contributed by atoms with Gasteiger partial charge in [-0.1, -0.05) is 53.7 Å². The van der Waals surface area contributed by atoms with Crippen molar-refractivity contribution in [3.05, 3.63) is 82.5 Å². The Morgan fingerprint density at radius 2 is 1.96 bits per heavy atom. The van der Waals surface area contributed by atoms with Gasteiger partial charge in [-0.15, -0.1) is 0 Å². The van der Waals surface area contributed by atoms with Crippen molar-refractivity contribution in [1.82, 2.24) is 15.0 Å². The molecule has 0 bridgehead atoms. The second-order valence-electron chi connectivity index (χ2n) is 7.92. The predicted octanol–water partition coefficient (Wildman–Crippen LogP) is 3.64. The second-order valence-corrected chi connectivity index (χ2v) is 7.92. The van der Waals surface area contributed by atoms with E-state index >= 15 is 0 Å². The molecule has 0 radical (unpaired) electrons. The van der Waals surface area contributed by atoms with Gasteiger partial charge in [-0.2, -0.15) is 4.98 Å². The van der Waals surface area contributed by atoms with Gasteiger partial charge in [0.15, 0.2) is 5.82 Å². The average Bonchev–Trinajstić information content (AvgIpc) is 3.29. The molecule has 0 N–H and O–H groups in total. The highest BCUT2D eigenvalue weighted by atomic mass is 16.5. The van der Waals surface area contributed by atoms with Crippen LogP contribution in [-0.2, 0) is 29.7 Å². The maximum atomic E-state index is 6.31. The zero-order chi connectivity index (χ0) is 19.0. The van der Waals surface area contributed by atoms with E-state index in [4.69, 9.17) is 9.26 Å². The lowest BCUT2D eigenvalue weighted by Gasteiger charge is -2.40. The zero-order valence-corrected chi connectivity index (χ0v) is 16.2. The van der Waals surface area contributed by atoms with Crippen LogP contribution in [0.4, 0.5) is 0 Å². The monoisotopic (exact) mass is 375 g/mol. The van der Waals surface area contributed by atoms with Crippen LogP contribution in [0.5, 0.6) is 0 Å². The largest absolute Gasteiger partial charge is 0.368 e. The molecule has 1 atom stereocenters. The fourth-order valence-electron chi connectivity index (χ4n) is 4.56. The minimum Gasteiger partial charge on any atom is -0.368 e. The molecule has 3 aromatic rings. The van der Waals surface area contributed by atoms with E-state index in [2.05, 4.69) is 70.5 Å². The molecular formula is C23H25N3O2. The van der Waals surface area contributed by atoms with E-state index < -0.39 is 0 Å². The van der Waals surface area contributed by atoms with Crippen molar-refractivity contribution >= 4 is 0 Å². The van der Waals surface area contributed by atoms with Gasteiger partial charge in [0.2, 0.25) is 5.89 Å². The fraction of sp³-hybridized carbons (Fsp3) is 0.391. The molecule has 1 spiro atoms. The number of fused-ring (bicyclic) bond motifs is 2. The highest BCUT2D eigenvalue weighted by Crippen LogP contribution is 2.42. The molecule has 0 amide bonds. The lowest BCUT2D eigenvalue weighted by molar-refractivity contribution is -0.117. The fourth-order valence-corrected chi connectivity index (χ4v) is 4.56. The van der Waals surface area contributed by atoms with E-state index in [9.17, 15) is 0 Å². The van der Waals surface area contributed by atoms with Crippen LogP contribution in [0.25, 0.3) is 0 Å². The van der Waals surface area contributed by atoms with Gasteiger partial charge in [0.1, 0.15) is 5.60 Å². The van der Waals surface area contributed by atoms with Crippen LogP contribution in [0.2, 0.25) is 0 Å². The molecule has 1 saturated heterocycles. The standard InChI is InChI=1S/C23H25N3O2/c1-17-6-2-3-8-19(17)14-21-24-22(28-25-21)15-26-12-13-27-23(16-26)11-10-18-7-4-5-9-20(18)23/h2-9H,10-16H2,1H3. The van der Waals surface area contributed by atoms with Crippen molar-refractivity contribution in [2.24, 2.45) is 0 Å². The molecule has 5 heteroatoms. The molecule has 1 unspecified atom stereocenters. The van der Waals surface area contributed by atoms with Crippen molar-refractivity contribution < 1.29 is 9.26 Å². The summed E-state index contributed by atoms with van der Waals surface area (Å²) in [5.74, 6) is 1.44. The molecule has 5 rings (SSSR count). The maximum absolute atomic E-state index is 6.31. The summed E-state index contributed by atoms with van der Waals surface area (Å²) >= 11 is 0. The summed E-state index contributed by atoms with van der Waals surface area (Å²) in [7, 11) is 0. The molecule has 0 saturated carbocycles. The molecule has 28 heavy (non-hydrogen) atoms. The number of aromatic nitrogens is 2. The Labute approximate surface area is 165 Å². The maximum Gasteiger partial charge on any atom is 0.240 e. The summed E-state index contributed by atoms with van der Waals surface area (Å²) in [5.41, 5.74) is 5.08. The quantitative estimate of drug-likeness (QED) is 0.697. The van der Waals surface area contributed by atoms with Crippen molar-refractivity contribution in [1.29, 1.82) is 0 Å². The van der Waals surface area contributed by atoms with Crippen LogP contribution >= 0.6 is 0 Å². The van der Waals surface area contributed by atoms with Gasteiger partial charge in [-0.25, -0.2) is 0 Å². The SMILES string of the molecule is Cc1ccccc1Cc1noc(CN2CCOC3(CCc4ccccc43)C2)n1. The number of morpholine rings is 1. The molecule has 2 aliphatic rings. The Kier molecular flexibility index (Phi) is 4.49. The average molecular weight is 375 g/mol. The van der Waals surface area contributed by atoms with E-state index in [1.54, 1.807) is 0 Å². The Morgan fingerprint density at radius 1 is 1.11 bits per heavy atom. The Balaban J connectivity index is 1.28. The van der Waals surface area contributed by atoms with E-state index in [1.165, 1.54) is 22.3 Å². The Bertz CT molecular complexity index is 979. The first-order valence-electron chi connectivity index (χ1n) is 10.0. The highest BCUT2D eigenvalue weighted by molar-refractivity contribution is 5.38. The van der Waals surface area contributed by atoms with Crippen molar-refractivity contribution in [2.45, 2.75) is 38.3 Å². The third-order valence-electron chi connectivity index (χ3n) is 6.05. The lowest BCUT2D eigenvalue weighted by atomic mass is 9.93. The molecule has 2 heterocycles. The summed E-state index contributed by atoms with van der Waals surface area (Å²) in [6.45, 7) is 5.29. The van der Waals surface area contributed by atoms with E-state index in [1.807, 2.05) is 0 Å². The first kappa shape index (κ1) is 17.6. The Morgan fingerprint density at radius 3 is 2.89 bits per heavy atom. The van der Waals surface area contributed by atoms with Crippen LogP contribution in [-0.4, -0.2) is 34.7 Å². The number of rotatable bonds is 4. The van der Waals surface area contributed by atoms with Gasteiger partial charge >= 0.3 is 0 Å². The third-order valence-corrected chi connectivity index (χ3v) is 6.05. The van der Waals surface area contributed by atoms with Crippen LogP contribution in [0.15, 0.2) is 53.1 Å². The van der Waals surface area contributed by atoms with Crippen LogP contribution in [0.3, 0.4) is 0 Å². The number of hydrogen-bond donors (Lipinski definition) is 0. The summed E-state index contributed by atoms with van der Waals surface area (Å²) in [4.78, 5) is 7.03. The van der Waals surface area contributed by atoms with E-state index in [-0.39, 0.29) is 5.60 Å². The smallest absolute Gasteiger partial charge is 0.240 e. The molecule has 2 aromatic carbocycles.